The minimum atomic E-state index is 0. The van der Waals surface area contributed by atoms with Crippen molar-refractivity contribution in [2.45, 2.75) is 55.4 Å². The second-order valence-electron chi connectivity index (χ2n) is 3.01. The van der Waals surface area contributed by atoms with Crippen LogP contribution in [0.2, 0.25) is 0 Å². The predicted octanol–water partition coefficient (Wildman–Crippen LogP) is 4.35. The number of rotatable bonds is 3. The van der Waals surface area contributed by atoms with Crippen molar-refractivity contribution in [1.82, 2.24) is 0 Å². The highest BCUT2D eigenvalue weighted by Gasteiger charge is 2.03. The van der Waals surface area contributed by atoms with Crippen LogP contribution >= 0.6 is 0 Å². The fraction of sp³-hybridized carbons (Fsp3) is 1.00. The summed E-state index contributed by atoms with van der Waals surface area (Å²) in [6, 6.07) is 0. The topological polar surface area (TPSA) is 0 Å². The van der Waals surface area contributed by atoms with E-state index in [4.69, 9.17) is 0 Å². The molecule has 0 aliphatic carbocycles. The first-order valence-electron chi connectivity index (χ1n) is 3.68. The van der Waals surface area contributed by atoms with E-state index in [1.165, 1.54) is 12.8 Å². The molecule has 0 aliphatic rings. The molecular weight excluding hydrogens is 120 g/mol. The summed E-state index contributed by atoms with van der Waals surface area (Å²) >= 11 is 0. The van der Waals surface area contributed by atoms with Gasteiger partial charge in [0.1, 0.15) is 0 Å². The molecule has 1 unspecified atom stereocenters. The molecule has 0 rings (SSSR count). The van der Waals surface area contributed by atoms with Gasteiger partial charge in [-0.3, -0.25) is 0 Å². The zero-order chi connectivity index (χ0) is 6.57. The Bertz CT molecular complexity index is 46.0. The summed E-state index contributed by atoms with van der Waals surface area (Å²) in [7, 11) is 0. The molecule has 0 aromatic rings. The van der Waals surface area contributed by atoms with Crippen LogP contribution < -0.4 is 0 Å². The smallest absolute Gasteiger partial charge is 0.0420 e. The van der Waals surface area contributed by atoms with Crippen LogP contribution in [0.3, 0.4) is 0 Å². The molecule has 66 valence electrons. The summed E-state index contributed by atoms with van der Waals surface area (Å²) in [5.41, 5.74) is 0. The summed E-state index contributed by atoms with van der Waals surface area (Å²) in [6.45, 7) is 9.16. The largest absolute Gasteiger partial charge is 0.0776 e. The molecule has 0 amide bonds. The van der Waals surface area contributed by atoms with Gasteiger partial charge in [-0.05, 0) is 11.8 Å². The van der Waals surface area contributed by atoms with Crippen LogP contribution in [0.1, 0.15) is 55.4 Å². The average Bonchev–Trinajstić information content (AvgIpc) is 1.67. The van der Waals surface area contributed by atoms with Crippen LogP contribution in [-0.4, -0.2) is 0 Å². The van der Waals surface area contributed by atoms with E-state index in [1.807, 2.05) is 0 Å². The first kappa shape index (κ1) is 16.5. The Kier molecular flexibility index (Phi) is 14.9. The van der Waals surface area contributed by atoms with Crippen LogP contribution in [-0.2, 0) is 0 Å². The highest BCUT2D eigenvalue weighted by atomic mass is 14.1. The van der Waals surface area contributed by atoms with Crippen molar-refractivity contribution in [1.29, 1.82) is 0 Å². The third kappa shape index (κ3) is 8.00. The lowest BCUT2D eigenvalue weighted by atomic mass is 9.94. The molecule has 0 saturated heterocycles. The van der Waals surface area contributed by atoms with Crippen LogP contribution in [0.4, 0.5) is 0 Å². The van der Waals surface area contributed by atoms with E-state index in [9.17, 15) is 0 Å². The monoisotopic (exact) mass is 146 g/mol. The molecule has 0 aliphatic heterocycles. The molecule has 1 atom stereocenters. The van der Waals surface area contributed by atoms with Gasteiger partial charge in [0.05, 0.1) is 0 Å². The van der Waals surface area contributed by atoms with Gasteiger partial charge >= 0.3 is 0 Å². The molecule has 0 heteroatoms. The van der Waals surface area contributed by atoms with Crippen LogP contribution in [0.5, 0.6) is 0 Å². The minimum Gasteiger partial charge on any atom is -0.0776 e. The van der Waals surface area contributed by atoms with Gasteiger partial charge < -0.3 is 0 Å². The third-order valence-corrected chi connectivity index (χ3v) is 1.88. The molecular formula is C10H26. The van der Waals surface area contributed by atoms with Gasteiger partial charge in [-0.25, -0.2) is 0 Å². The SMILES string of the molecule is C.C.CCCC(C)C(C)C. The maximum Gasteiger partial charge on any atom is -0.0420 e. The van der Waals surface area contributed by atoms with E-state index in [1.54, 1.807) is 0 Å². The zero-order valence-corrected chi connectivity index (χ0v) is 6.57. The Labute approximate surface area is 68.0 Å². The fourth-order valence-electron chi connectivity index (χ4n) is 0.789. The Morgan fingerprint density at radius 3 is 1.50 bits per heavy atom. The summed E-state index contributed by atoms with van der Waals surface area (Å²) in [5.74, 6) is 1.79. The van der Waals surface area contributed by atoms with Crippen molar-refractivity contribution in [3.05, 3.63) is 0 Å². The van der Waals surface area contributed by atoms with Crippen LogP contribution in [0, 0.1) is 11.8 Å². The highest BCUT2D eigenvalue weighted by Crippen LogP contribution is 2.14. The standard InChI is InChI=1S/C8H18.2CH4/c1-5-6-8(4)7(2)3;;/h7-8H,5-6H2,1-4H3;2*1H4. The molecule has 10 heavy (non-hydrogen) atoms. The summed E-state index contributed by atoms with van der Waals surface area (Å²) in [4.78, 5) is 0. The normalized spacial score (nSPS) is 11.7. The lowest BCUT2D eigenvalue weighted by Gasteiger charge is -2.12. The second-order valence-corrected chi connectivity index (χ2v) is 3.01. The minimum absolute atomic E-state index is 0. The Morgan fingerprint density at radius 2 is 1.40 bits per heavy atom. The lowest BCUT2D eigenvalue weighted by Crippen LogP contribution is -2.02. The van der Waals surface area contributed by atoms with E-state index in [0.29, 0.717) is 0 Å². The summed E-state index contributed by atoms with van der Waals surface area (Å²) in [5, 5.41) is 0. The highest BCUT2D eigenvalue weighted by molar-refractivity contribution is 4.54. The third-order valence-electron chi connectivity index (χ3n) is 1.88. The molecule has 0 aromatic carbocycles. The van der Waals surface area contributed by atoms with Crippen molar-refractivity contribution >= 4 is 0 Å². The molecule has 0 N–H and O–H groups in total. The molecule has 0 heterocycles. The maximum absolute atomic E-state index is 2.33. The number of hydrogen-bond acceptors (Lipinski definition) is 0. The predicted molar refractivity (Wildman–Crippen MR) is 52.4 cm³/mol. The van der Waals surface area contributed by atoms with Crippen molar-refractivity contribution in [3.8, 4) is 0 Å². The van der Waals surface area contributed by atoms with Gasteiger partial charge in [-0.1, -0.05) is 55.4 Å². The lowest BCUT2D eigenvalue weighted by molar-refractivity contribution is 0.389. The molecule has 0 fully saturated rings. The van der Waals surface area contributed by atoms with Crippen molar-refractivity contribution in [2.24, 2.45) is 11.8 Å². The molecule has 0 bridgehead atoms. The average molecular weight is 146 g/mol. The van der Waals surface area contributed by atoms with E-state index in [2.05, 4.69) is 27.7 Å². The van der Waals surface area contributed by atoms with E-state index >= 15 is 0 Å². The van der Waals surface area contributed by atoms with Gasteiger partial charge in [0.15, 0.2) is 0 Å². The zero-order valence-electron chi connectivity index (χ0n) is 6.57. The second kappa shape index (κ2) is 9.00. The van der Waals surface area contributed by atoms with E-state index in [0.717, 1.165) is 11.8 Å². The molecule has 0 nitrogen and oxygen atoms in total. The van der Waals surface area contributed by atoms with Gasteiger partial charge in [-0.2, -0.15) is 0 Å². The van der Waals surface area contributed by atoms with Crippen LogP contribution in [0.25, 0.3) is 0 Å². The molecule has 0 spiro atoms. The first-order chi connectivity index (χ1) is 3.68. The number of hydrogen-bond donors (Lipinski definition) is 0. The Balaban J connectivity index is -0.000000245. The Hall–Kier alpha value is 0. The van der Waals surface area contributed by atoms with E-state index < -0.39 is 0 Å². The van der Waals surface area contributed by atoms with Crippen molar-refractivity contribution in [2.75, 3.05) is 0 Å². The summed E-state index contributed by atoms with van der Waals surface area (Å²) < 4.78 is 0. The maximum atomic E-state index is 2.33. The van der Waals surface area contributed by atoms with Gasteiger partial charge in [-0.15, -0.1) is 0 Å². The molecule has 0 aromatic heterocycles. The Morgan fingerprint density at radius 1 is 1.00 bits per heavy atom. The van der Waals surface area contributed by atoms with Crippen LogP contribution in [0.15, 0.2) is 0 Å². The van der Waals surface area contributed by atoms with Gasteiger partial charge in [0, 0.05) is 0 Å². The summed E-state index contributed by atoms with van der Waals surface area (Å²) in [6.07, 6.45) is 2.72. The molecule has 0 saturated carbocycles. The fourth-order valence-corrected chi connectivity index (χ4v) is 0.789. The molecule has 0 radical (unpaired) electrons. The van der Waals surface area contributed by atoms with Crippen molar-refractivity contribution < 1.29 is 0 Å². The van der Waals surface area contributed by atoms with E-state index in [-0.39, 0.29) is 14.9 Å². The van der Waals surface area contributed by atoms with Crippen molar-refractivity contribution in [3.63, 3.8) is 0 Å². The van der Waals surface area contributed by atoms with Gasteiger partial charge in [0.25, 0.3) is 0 Å². The van der Waals surface area contributed by atoms with Gasteiger partial charge in [0.2, 0.25) is 0 Å². The first-order valence-corrected chi connectivity index (χ1v) is 3.68. The quantitative estimate of drug-likeness (QED) is 0.555.